The molecule has 5 rings (SSSR count). The highest BCUT2D eigenvalue weighted by Gasteiger charge is 2.31. The van der Waals surface area contributed by atoms with E-state index < -0.39 is 24.4 Å². The first-order valence-corrected chi connectivity index (χ1v) is 13.4. The summed E-state index contributed by atoms with van der Waals surface area (Å²) < 4.78 is 26.9. The summed E-state index contributed by atoms with van der Waals surface area (Å²) in [6, 6.07) is 11.3. The van der Waals surface area contributed by atoms with Gasteiger partial charge in [-0.05, 0) is 50.5 Å². The maximum absolute atomic E-state index is 14.9. The van der Waals surface area contributed by atoms with Crippen LogP contribution >= 0.6 is 11.3 Å². The van der Waals surface area contributed by atoms with Gasteiger partial charge in [0.1, 0.15) is 28.4 Å². The van der Waals surface area contributed by atoms with E-state index in [1.165, 1.54) is 19.2 Å². The Morgan fingerprint density at radius 2 is 1.80 bits per heavy atom. The Hall–Kier alpha value is -4.38. The largest absolute Gasteiger partial charge is 0.482 e. The standard InChI is InChI=1S/C29H27FN4O5S/c1-15-16(2)40-29-26(15)27(31-23(11-12-25(37)38-4)28-33-32-17(3)34(28)29)19-7-5-18(6-8-19)21-10-9-20(13-22(21)30)39-14-24(35)36/h5-10,13,23H,11-12,14H2,1-4H3,(H,35,36)/t23-/m0/s1. The van der Waals surface area contributed by atoms with Gasteiger partial charge in [-0.2, -0.15) is 0 Å². The molecule has 0 fully saturated rings. The summed E-state index contributed by atoms with van der Waals surface area (Å²) in [6.07, 6.45) is 0.584. The van der Waals surface area contributed by atoms with Crippen molar-refractivity contribution < 1.29 is 28.6 Å². The number of benzene rings is 2. The number of methoxy groups -OCH3 is 1. The van der Waals surface area contributed by atoms with Crippen LogP contribution in [0.1, 0.15) is 52.1 Å². The molecule has 1 aliphatic rings. The van der Waals surface area contributed by atoms with E-state index in [1.807, 2.05) is 35.8 Å². The van der Waals surface area contributed by atoms with Crippen molar-refractivity contribution in [1.82, 2.24) is 14.8 Å². The predicted octanol–water partition coefficient (Wildman–Crippen LogP) is 5.37. The minimum absolute atomic E-state index is 0.143. The van der Waals surface area contributed by atoms with Crippen molar-refractivity contribution >= 4 is 29.0 Å². The SMILES string of the molecule is COC(=O)CC[C@@H]1N=C(c2ccc(-c3ccc(OCC(=O)O)cc3F)cc2)c2c(sc(C)c2C)-n2c(C)nnc21. The van der Waals surface area contributed by atoms with Crippen molar-refractivity contribution in [3.63, 3.8) is 0 Å². The Bertz CT molecular complexity index is 1640. The molecule has 0 saturated carbocycles. The average Bonchev–Trinajstić information content (AvgIpc) is 3.41. The van der Waals surface area contributed by atoms with Crippen LogP contribution < -0.4 is 4.74 Å². The third kappa shape index (κ3) is 5.12. The summed E-state index contributed by atoms with van der Waals surface area (Å²) in [7, 11) is 1.36. The van der Waals surface area contributed by atoms with E-state index >= 15 is 0 Å². The second kappa shape index (κ2) is 11.0. The molecular formula is C29H27FN4O5S. The molecule has 2 aromatic heterocycles. The molecule has 9 nitrogen and oxygen atoms in total. The van der Waals surface area contributed by atoms with Crippen LogP contribution in [0.3, 0.4) is 0 Å². The van der Waals surface area contributed by atoms with Gasteiger partial charge in [0.15, 0.2) is 12.4 Å². The molecule has 0 aliphatic carbocycles. The topological polar surface area (TPSA) is 116 Å². The first kappa shape index (κ1) is 27.2. The normalized spacial score (nSPS) is 14.1. The van der Waals surface area contributed by atoms with E-state index in [-0.39, 0.29) is 18.1 Å². The molecule has 0 amide bonds. The van der Waals surface area contributed by atoms with Crippen LogP contribution in [0.5, 0.6) is 5.75 Å². The fourth-order valence-electron chi connectivity index (χ4n) is 4.71. The van der Waals surface area contributed by atoms with Crippen molar-refractivity contribution in [2.24, 2.45) is 4.99 Å². The van der Waals surface area contributed by atoms with Gasteiger partial charge in [0.25, 0.3) is 0 Å². The predicted molar refractivity (Wildman–Crippen MR) is 148 cm³/mol. The number of hydrogen-bond donors (Lipinski definition) is 1. The van der Waals surface area contributed by atoms with Gasteiger partial charge in [0, 0.05) is 34.1 Å². The van der Waals surface area contributed by atoms with Gasteiger partial charge < -0.3 is 14.6 Å². The monoisotopic (exact) mass is 562 g/mol. The number of aliphatic carboxylic acids is 1. The van der Waals surface area contributed by atoms with Crippen LogP contribution in [0, 0.1) is 26.6 Å². The lowest BCUT2D eigenvalue weighted by Gasteiger charge is -2.13. The zero-order valence-electron chi connectivity index (χ0n) is 22.4. The minimum atomic E-state index is -1.14. The lowest BCUT2D eigenvalue weighted by atomic mass is 9.96. The number of rotatable bonds is 8. The van der Waals surface area contributed by atoms with Crippen molar-refractivity contribution in [2.75, 3.05) is 13.7 Å². The number of thiophene rings is 1. The molecule has 1 N–H and O–H groups in total. The molecule has 2 aromatic carbocycles. The van der Waals surface area contributed by atoms with Crippen molar-refractivity contribution in [2.45, 2.75) is 39.7 Å². The molecular weight excluding hydrogens is 535 g/mol. The van der Waals surface area contributed by atoms with Crippen molar-refractivity contribution in [3.8, 4) is 21.9 Å². The van der Waals surface area contributed by atoms with Gasteiger partial charge in [-0.3, -0.25) is 14.4 Å². The fourth-order valence-corrected chi connectivity index (χ4v) is 5.92. The number of carbonyl (C=O) groups is 2. The zero-order valence-corrected chi connectivity index (χ0v) is 23.2. The van der Waals surface area contributed by atoms with Crippen LogP contribution in [-0.4, -0.2) is 51.2 Å². The molecule has 0 unspecified atom stereocenters. The number of nitrogens with zero attached hydrogens (tertiary/aromatic N) is 4. The zero-order chi connectivity index (χ0) is 28.6. The summed E-state index contributed by atoms with van der Waals surface area (Å²) in [5.74, 6) is -0.435. The number of hydrogen-bond acceptors (Lipinski definition) is 8. The smallest absolute Gasteiger partial charge is 0.341 e. The van der Waals surface area contributed by atoms with Crippen molar-refractivity contribution in [1.29, 1.82) is 0 Å². The van der Waals surface area contributed by atoms with Gasteiger partial charge in [0.2, 0.25) is 0 Å². The lowest BCUT2D eigenvalue weighted by molar-refractivity contribution is -0.141. The molecule has 40 heavy (non-hydrogen) atoms. The number of esters is 1. The van der Waals surface area contributed by atoms with E-state index in [9.17, 15) is 14.0 Å². The van der Waals surface area contributed by atoms with E-state index in [0.717, 1.165) is 38.1 Å². The molecule has 4 aromatic rings. The summed E-state index contributed by atoms with van der Waals surface area (Å²) in [6.45, 7) is 5.48. The quantitative estimate of drug-likeness (QED) is 0.287. The number of aromatic nitrogens is 3. The maximum Gasteiger partial charge on any atom is 0.341 e. The summed E-state index contributed by atoms with van der Waals surface area (Å²) >= 11 is 1.64. The number of ether oxygens (including phenoxy) is 2. The van der Waals surface area contributed by atoms with Crippen LogP contribution in [0.4, 0.5) is 4.39 Å². The Labute approximate surface area is 233 Å². The highest BCUT2D eigenvalue weighted by molar-refractivity contribution is 7.15. The molecule has 11 heteroatoms. The lowest BCUT2D eigenvalue weighted by Crippen LogP contribution is -2.09. The van der Waals surface area contributed by atoms with Crippen molar-refractivity contribution in [3.05, 3.63) is 81.5 Å². The molecule has 0 spiro atoms. The van der Waals surface area contributed by atoms with Crippen LogP contribution in [0.15, 0.2) is 47.5 Å². The maximum atomic E-state index is 14.9. The number of carbonyl (C=O) groups excluding carboxylic acids is 1. The number of aliphatic imine (C=N–C) groups is 1. The Morgan fingerprint density at radius 3 is 2.48 bits per heavy atom. The number of aryl methyl sites for hydroxylation is 2. The average molecular weight is 563 g/mol. The highest BCUT2D eigenvalue weighted by Crippen LogP contribution is 2.40. The van der Waals surface area contributed by atoms with E-state index in [4.69, 9.17) is 19.6 Å². The number of halogens is 1. The third-order valence-electron chi connectivity index (χ3n) is 6.86. The van der Waals surface area contributed by atoms with E-state index in [2.05, 4.69) is 24.0 Å². The molecule has 1 atom stereocenters. The highest BCUT2D eigenvalue weighted by atomic mass is 32.1. The fraction of sp³-hybridized carbons (Fsp3) is 0.276. The Kier molecular flexibility index (Phi) is 7.49. The summed E-state index contributed by atoms with van der Waals surface area (Å²) in [4.78, 5) is 29.0. The second-order valence-electron chi connectivity index (χ2n) is 9.41. The molecule has 3 heterocycles. The molecule has 1 aliphatic heterocycles. The first-order valence-electron chi connectivity index (χ1n) is 12.6. The van der Waals surface area contributed by atoms with Gasteiger partial charge in [-0.1, -0.05) is 24.3 Å². The number of carboxylic acids is 1. The van der Waals surface area contributed by atoms with E-state index in [0.29, 0.717) is 23.4 Å². The first-order chi connectivity index (χ1) is 19.2. The van der Waals surface area contributed by atoms with Crippen LogP contribution in [0.2, 0.25) is 0 Å². The number of carboxylic acid groups (broad SMARTS) is 1. The minimum Gasteiger partial charge on any atom is -0.482 e. The molecule has 0 bridgehead atoms. The number of fused-ring (bicyclic) bond motifs is 3. The summed E-state index contributed by atoms with van der Waals surface area (Å²) in [5, 5.41) is 18.5. The van der Waals surface area contributed by atoms with E-state index in [1.54, 1.807) is 17.4 Å². The summed E-state index contributed by atoms with van der Waals surface area (Å²) in [5.41, 5.74) is 4.68. The van der Waals surface area contributed by atoms with Crippen LogP contribution in [-0.2, 0) is 14.3 Å². The molecule has 0 saturated heterocycles. The van der Waals surface area contributed by atoms with Gasteiger partial charge in [-0.15, -0.1) is 21.5 Å². The molecule has 206 valence electrons. The third-order valence-corrected chi connectivity index (χ3v) is 8.05. The molecule has 0 radical (unpaired) electrons. The Balaban J connectivity index is 1.55. The van der Waals surface area contributed by atoms with Gasteiger partial charge in [-0.25, -0.2) is 9.18 Å². The van der Waals surface area contributed by atoms with Gasteiger partial charge in [0.05, 0.1) is 12.8 Å². The van der Waals surface area contributed by atoms with Crippen LogP contribution in [0.25, 0.3) is 16.1 Å². The Morgan fingerprint density at radius 1 is 1.07 bits per heavy atom. The second-order valence-corrected chi connectivity index (χ2v) is 10.6. The van der Waals surface area contributed by atoms with Gasteiger partial charge >= 0.3 is 11.9 Å².